The highest BCUT2D eigenvalue weighted by Gasteiger charge is 2.28. The Balaban J connectivity index is 1.58. The molecule has 1 fully saturated rings. The Kier molecular flexibility index (Phi) is 6.26. The third-order valence-corrected chi connectivity index (χ3v) is 5.89. The Hall–Kier alpha value is -3.60. The number of nitrogens with one attached hydrogen (secondary N) is 1. The van der Waals surface area contributed by atoms with Gasteiger partial charge in [-0.3, -0.25) is 9.69 Å². The van der Waals surface area contributed by atoms with E-state index in [0.717, 1.165) is 35.3 Å². The molecule has 0 unspecified atom stereocenters. The van der Waals surface area contributed by atoms with E-state index < -0.39 is 0 Å². The first-order valence-corrected chi connectivity index (χ1v) is 11.0. The molecule has 1 heterocycles. The summed E-state index contributed by atoms with van der Waals surface area (Å²) >= 11 is 0. The number of anilines is 2. The van der Waals surface area contributed by atoms with Crippen LogP contribution >= 0.6 is 0 Å². The van der Waals surface area contributed by atoms with E-state index in [0.29, 0.717) is 24.3 Å². The minimum Gasteiger partial charge on any atom is -0.320 e. The van der Waals surface area contributed by atoms with Gasteiger partial charge in [0.25, 0.3) is 5.91 Å². The molecule has 0 aliphatic carbocycles. The molecule has 0 aromatic heterocycles. The quantitative estimate of drug-likeness (QED) is 0.568. The molecule has 3 aromatic rings. The molecule has 164 valence electrons. The second-order valence-corrected chi connectivity index (χ2v) is 8.48. The standard InChI is InChI=1S/C27H29N3O2/c1-19-9-12-22(13-10-19)18-29-15-6-16-30(27(29)32)25-14-11-20(2)17-24(25)28-26(31)23-8-5-4-7-21(23)3/h4-5,7-14,17H,6,15-16,18H2,1-3H3,(H,28,31). The van der Waals surface area contributed by atoms with Gasteiger partial charge in [0.05, 0.1) is 11.4 Å². The van der Waals surface area contributed by atoms with Gasteiger partial charge in [0.2, 0.25) is 0 Å². The van der Waals surface area contributed by atoms with Crippen LogP contribution in [0.5, 0.6) is 0 Å². The molecular formula is C27H29N3O2. The van der Waals surface area contributed by atoms with E-state index in [4.69, 9.17) is 0 Å². The second-order valence-electron chi connectivity index (χ2n) is 8.48. The molecular weight excluding hydrogens is 398 g/mol. The number of hydrogen-bond acceptors (Lipinski definition) is 2. The van der Waals surface area contributed by atoms with Gasteiger partial charge in [0.15, 0.2) is 0 Å². The van der Waals surface area contributed by atoms with Crippen molar-refractivity contribution >= 4 is 23.3 Å². The number of amides is 3. The molecule has 3 amide bonds. The van der Waals surface area contributed by atoms with Crippen molar-refractivity contribution in [2.45, 2.75) is 33.7 Å². The molecule has 0 atom stereocenters. The SMILES string of the molecule is Cc1ccc(CN2CCCN(c3ccc(C)cc3NC(=O)c3ccccc3C)C2=O)cc1. The maximum atomic E-state index is 13.4. The number of nitrogens with zero attached hydrogens (tertiary/aromatic N) is 2. The van der Waals surface area contributed by atoms with Crippen molar-refractivity contribution < 1.29 is 9.59 Å². The number of aryl methyl sites for hydroxylation is 3. The first-order chi connectivity index (χ1) is 15.4. The molecule has 1 saturated heterocycles. The lowest BCUT2D eigenvalue weighted by molar-refractivity contribution is 0.102. The Morgan fingerprint density at radius 2 is 1.62 bits per heavy atom. The summed E-state index contributed by atoms with van der Waals surface area (Å²) in [6.07, 6.45) is 0.872. The van der Waals surface area contributed by atoms with E-state index in [9.17, 15) is 9.59 Å². The van der Waals surface area contributed by atoms with Crippen LogP contribution in [0.1, 0.15) is 39.0 Å². The molecule has 3 aromatic carbocycles. The van der Waals surface area contributed by atoms with Crippen LogP contribution in [0.2, 0.25) is 0 Å². The van der Waals surface area contributed by atoms with Gasteiger partial charge >= 0.3 is 6.03 Å². The van der Waals surface area contributed by atoms with Crippen LogP contribution < -0.4 is 10.2 Å². The Labute approximate surface area is 189 Å². The first kappa shape index (κ1) is 21.6. The van der Waals surface area contributed by atoms with E-state index in [-0.39, 0.29) is 11.9 Å². The fourth-order valence-electron chi connectivity index (χ4n) is 4.07. The molecule has 0 radical (unpaired) electrons. The summed E-state index contributed by atoms with van der Waals surface area (Å²) in [6, 6.07) is 21.6. The highest BCUT2D eigenvalue weighted by Crippen LogP contribution is 2.31. The van der Waals surface area contributed by atoms with Crippen LogP contribution in [0.25, 0.3) is 0 Å². The highest BCUT2D eigenvalue weighted by molar-refractivity contribution is 6.08. The van der Waals surface area contributed by atoms with E-state index in [1.165, 1.54) is 5.56 Å². The largest absolute Gasteiger partial charge is 0.324 e. The number of urea groups is 1. The van der Waals surface area contributed by atoms with Gasteiger partial charge in [-0.1, -0.05) is 54.1 Å². The lowest BCUT2D eigenvalue weighted by Gasteiger charge is -2.36. The Bertz CT molecular complexity index is 1140. The molecule has 1 aliphatic heterocycles. The predicted octanol–water partition coefficient (Wildman–Crippen LogP) is 5.70. The van der Waals surface area contributed by atoms with E-state index in [2.05, 4.69) is 36.5 Å². The van der Waals surface area contributed by atoms with Crippen LogP contribution in [0.4, 0.5) is 16.2 Å². The maximum Gasteiger partial charge on any atom is 0.324 e. The van der Waals surface area contributed by atoms with E-state index in [1.54, 1.807) is 4.90 Å². The van der Waals surface area contributed by atoms with Gasteiger partial charge in [0.1, 0.15) is 0 Å². The van der Waals surface area contributed by atoms with Crippen LogP contribution in [0.15, 0.2) is 66.7 Å². The predicted molar refractivity (Wildman–Crippen MR) is 129 cm³/mol. The number of rotatable bonds is 5. The smallest absolute Gasteiger partial charge is 0.320 e. The molecule has 4 rings (SSSR count). The number of carbonyl (C=O) groups excluding carboxylic acids is 2. The lowest BCUT2D eigenvalue weighted by atomic mass is 10.1. The van der Waals surface area contributed by atoms with Crippen molar-refractivity contribution in [2.75, 3.05) is 23.3 Å². The van der Waals surface area contributed by atoms with Crippen molar-refractivity contribution in [3.05, 3.63) is 94.5 Å². The zero-order chi connectivity index (χ0) is 22.7. The third kappa shape index (κ3) is 4.67. The fourth-order valence-corrected chi connectivity index (χ4v) is 4.07. The summed E-state index contributed by atoms with van der Waals surface area (Å²) in [7, 11) is 0. The van der Waals surface area contributed by atoms with Crippen LogP contribution in [-0.4, -0.2) is 29.9 Å². The Morgan fingerprint density at radius 1 is 0.906 bits per heavy atom. The monoisotopic (exact) mass is 427 g/mol. The minimum absolute atomic E-state index is 0.0351. The molecule has 5 heteroatoms. The molecule has 1 aliphatic rings. The molecule has 0 saturated carbocycles. The van der Waals surface area contributed by atoms with Gasteiger partial charge in [-0.05, 0) is 62.1 Å². The van der Waals surface area contributed by atoms with Crippen molar-refractivity contribution in [3.63, 3.8) is 0 Å². The van der Waals surface area contributed by atoms with Gasteiger partial charge in [-0.2, -0.15) is 0 Å². The maximum absolute atomic E-state index is 13.4. The average molecular weight is 428 g/mol. The summed E-state index contributed by atoms with van der Waals surface area (Å²) in [6.45, 7) is 7.88. The normalized spacial score (nSPS) is 13.9. The lowest BCUT2D eigenvalue weighted by Crippen LogP contribution is -2.49. The third-order valence-electron chi connectivity index (χ3n) is 5.89. The highest BCUT2D eigenvalue weighted by atomic mass is 16.2. The average Bonchev–Trinajstić information content (AvgIpc) is 2.77. The fraction of sp³-hybridized carbons (Fsp3) is 0.259. The van der Waals surface area contributed by atoms with Crippen molar-refractivity contribution in [1.29, 1.82) is 0 Å². The number of benzene rings is 3. The van der Waals surface area contributed by atoms with Crippen molar-refractivity contribution in [1.82, 2.24) is 4.90 Å². The van der Waals surface area contributed by atoms with Crippen molar-refractivity contribution in [3.8, 4) is 0 Å². The van der Waals surface area contributed by atoms with Crippen LogP contribution in [-0.2, 0) is 6.54 Å². The number of hydrogen-bond donors (Lipinski definition) is 1. The summed E-state index contributed by atoms with van der Waals surface area (Å²) in [5.74, 6) is -0.170. The topological polar surface area (TPSA) is 52.6 Å². The minimum atomic E-state index is -0.170. The zero-order valence-corrected chi connectivity index (χ0v) is 18.9. The second kappa shape index (κ2) is 9.27. The molecule has 1 N–H and O–H groups in total. The molecule has 5 nitrogen and oxygen atoms in total. The van der Waals surface area contributed by atoms with Gasteiger partial charge in [-0.15, -0.1) is 0 Å². The van der Waals surface area contributed by atoms with Crippen LogP contribution in [0.3, 0.4) is 0 Å². The van der Waals surface area contributed by atoms with Crippen molar-refractivity contribution in [2.24, 2.45) is 0 Å². The summed E-state index contributed by atoms with van der Waals surface area (Å²) in [4.78, 5) is 30.0. The van der Waals surface area contributed by atoms with E-state index >= 15 is 0 Å². The first-order valence-electron chi connectivity index (χ1n) is 11.0. The molecule has 32 heavy (non-hydrogen) atoms. The summed E-state index contributed by atoms with van der Waals surface area (Å²) in [5.41, 5.74) is 6.27. The Morgan fingerprint density at radius 3 is 2.38 bits per heavy atom. The number of carbonyl (C=O) groups is 2. The van der Waals surface area contributed by atoms with Gasteiger partial charge < -0.3 is 10.2 Å². The summed E-state index contributed by atoms with van der Waals surface area (Å²) < 4.78 is 0. The summed E-state index contributed by atoms with van der Waals surface area (Å²) in [5, 5.41) is 3.05. The van der Waals surface area contributed by atoms with Gasteiger partial charge in [0, 0.05) is 25.2 Å². The zero-order valence-electron chi connectivity index (χ0n) is 18.9. The molecule has 0 bridgehead atoms. The van der Waals surface area contributed by atoms with E-state index in [1.807, 2.05) is 61.2 Å². The van der Waals surface area contributed by atoms with Crippen LogP contribution in [0, 0.1) is 20.8 Å². The van der Waals surface area contributed by atoms with Gasteiger partial charge in [-0.25, -0.2) is 4.79 Å². The molecule has 0 spiro atoms.